The zero-order chi connectivity index (χ0) is 29.8. The highest BCUT2D eigenvalue weighted by atomic mass is 35.5. The van der Waals surface area contributed by atoms with Gasteiger partial charge in [0.25, 0.3) is 0 Å². The van der Waals surface area contributed by atoms with Gasteiger partial charge in [0.15, 0.2) is 16.4 Å². The molecule has 2 amide bonds. The van der Waals surface area contributed by atoms with Gasteiger partial charge in [0.2, 0.25) is 11.8 Å². The molecule has 2 aromatic rings. The minimum Gasteiger partial charge on any atom is -0.484 e. The molecule has 1 aliphatic heterocycles. The van der Waals surface area contributed by atoms with Crippen LogP contribution in [0.3, 0.4) is 0 Å². The number of nitrogens with zero attached hydrogens (tertiary/aromatic N) is 2. The number of likely N-dealkylation sites (tertiary alicyclic amines) is 1. The SMILES string of the molecule is N#CC1(NC(=O)[C@@H]2C[C@@H](S(=O)(=O)c3ccc(OCC(F)(F)F)cc3Cl)CN2C(=O)C2(c3cccc(Cl)c3)CC2)CC1. The number of carbonyl (C=O) groups is 2. The van der Waals surface area contributed by atoms with Crippen molar-refractivity contribution in [1.29, 1.82) is 5.26 Å². The van der Waals surface area contributed by atoms with Crippen molar-refractivity contribution in [3.63, 3.8) is 0 Å². The second-order valence-electron chi connectivity index (χ2n) is 10.6. The van der Waals surface area contributed by atoms with E-state index in [4.69, 9.17) is 23.2 Å². The molecule has 41 heavy (non-hydrogen) atoms. The summed E-state index contributed by atoms with van der Waals surface area (Å²) in [4.78, 5) is 28.3. The van der Waals surface area contributed by atoms with Gasteiger partial charge in [-0.25, -0.2) is 8.42 Å². The summed E-state index contributed by atoms with van der Waals surface area (Å²) < 4.78 is 69.6. The maximum atomic E-state index is 14.0. The lowest BCUT2D eigenvalue weighted by Crippen LogP contribution is -2.51. The summed E-state index contributed by atoms with van der Waals surface area (Å²) in [6.45, 7) is -1.89. The first-order valence-corrected chi connectivity index (χ1v) is 15.0. The van der Waals surface area contributed by atoms with Crippen molar-refractivity contribution >= 4 is 44.9 Å². The molecule has 2 aromatic carbocycles. The maximum Gasteiger partial charge on any atom is 0.422 e. The van der Waals surface area contributed by atoms with Crippen LogP contribution >= 0.6 is 23.2 Å². The lowest BCUT2D eigenvalue weighted by Gasteiger charge is -2.29. The third-order valence-corrected chi connectivity index (χ3v) is 10.6. The Labute approximate surface area is 244 Å². The van der Waals surface area contributed by atoms with Crippen LogP contribution in [0.5, 0.6) is 5.75 Å². The summed E-state index contributed by atoms with van der Waals surface area (Å²) in [5, 5.41) is 11.0. The highest BCUT2D eigenvalue weighted by Gasteiger charge is 2.58. The van der Waals surface area contributed by atoms with Gasteiger partial charge in [-0.2, -0.15) is 18.4 Å². The van der Waals surface area contributed by atoms with Crippen molar-refractivity contribution in [1.82, 2.24) is 10.2 Å². The molecule has 5 rings (SSSR count). The van der Waals surface area contributed by atoms with Crippen molar-refractivity contribution < 1.29 is 35.9 Å². The Morgan fingerprint density at radius 1 is 1.12 bits per heavy atom. The average molecular weight is 630 g/mol. The van der Waals surface area contributed by atoms with Crippen LogP contribution in [0.2, 0.25) is 10.0 Å². The molecule has 2 aliphatic carbocycles. The molecule has 0 aromatic heterocycles. The van der Waals surface area contributed by atoms with Crippen LogP contribution in [0.1, 0.15) is 37.7 Å². The molecule has 14 heteroatoms. The van der Waals surface area contributed by atoms with Crippen molar-refractivity contribution in [2.75, 3.05) is 13.2 Å². The quantitative estimate of drug-likeness (QED) is 0.457. The van der Waals surface area contributed by atoms with E-state index in [1.165, 1.54) is 4.90 Å². The van der Waals surface area contributed by atoms with E-state index in [2.05, 4.69) is 16.1 Å². The second-order valence-corrected chi connectivity index (χ2v) is 13.7. The Balaban J connectivity index is 1.43. The maximum absolute atomic E-state index is 14.0. The molecule has 2 atom stereocenters. The summed E-state index contributed by atoms with van der Waals surface area (Å²) in [5.74, 6) is -1.31. The van der Waals surface area contributed by atoms with Crippen LogP contribution in [-0.2, 0) is 24.8 Å². The summed E-state index contributed by atoms with van der Waals surface area (Å²) >= 11 is 12.3. The number of nitrogens with one attached hydrogen (secondary N) is 1. The molecule has 2 saturated carbocycles. The van der Waals surface area contributed by atoms with Gasteiger partial charge in [-0.05, 0) is 61.9 Å². The van der Waals surface area contributed by atoms with Crippen molar-refractivity contribution in [3.8, 4) is 11.8 Å². The van der Waals surface area contributed by atoms with Crippen LogP contribution in [-0.4, -0.2) is 61.3 Å². The number of nitriles is 1. The zero-order valence-electron chi connectivity index (χ0n) is 21.4. The number of hydrogen-bond donors (Lipinski definition) is 1. The highest BCUT2D eigenvalue weighted by Crippen LogP contribution is 2.51. The number of ether oxygens (including phenoxy) is 1. The van der Waals surface area contributed by atoms with E-state index < -0.39 is 56.7 Å². The minimum absolute atomic E-state index is 0.254. The molecule has 218 valence electrons. The van der Waals surface area contributed by atoms with Crippen molar-refractivity contribution in [2.45, 2.75) is 65.4 Å². The Kier molecular flexibility index (Phi) is 7.45. The predicted octanol–water partition coefficient (Wildman–Crippen LogP) is 4.58. The van der Waals surface area contributed by atoms with Crippen LogP contribution in [0.25, 0.3) is 0 Å². The average Bonchev–Trinajstić information content (AvgIpc) is 3.83. The first-order chi connectivity index (χ1) is 19.2. The van der Waals surface area contributed by atoms with Gasteiger partial charge in [-0.1, -0.05) is 35.3 Å². The molecule has 3 fully saturated rings. The van der Waals surface area contributed by atoms with Gasteiger partial charge in [-0.3, -0.25) is 9.59 Å². The Hall–Kier alpha value is -3.01. The summed E-state index contributed by atoms with van der Waals surface area (Å²) in [5.41, 5.74) is -1.33. The molecule has 1 N–H and O–H groups in total. The fraction of sp³-hybridized carbons (Fsp3) is 0.444. The van der Waals surface area contributed by atoms with Gasteiger partial charge in [0, 0.05) is 17.6 Å². The third kappa shape index (κ3) is 5.85. The molecule has 1 heterocycles. The van der Waals surface area contributed by atoms with E-state index in [0.29, 0.717) is 36.3 Å². The summed E-state index contributed by atoms with van der Waals surface area (Å²) in [7, 11) is -4.26. The molecular weight excluding hydrogens is 606 g/mol. The largest absolute Gasteiger partial charge is 0.484 e. The van der Waals surface area contributed by atoms with Gasteiger partial charge < -0.3 is 15.0 Å². The monoisotopic (exact) mass is 629 g/mol. The van der Waals surface area contributed by atoms with Crippen LogP contribution < -0.4 is 10.1 Å². The Morgan fingerprint density at radius 3 is 2.39 bits per heavy atom. The lowest BCUT2D eigenvalue weighted by molar-refractivity contribution is -0.153. The van der Waals surface area contributed by atoms with E-state index in [1.807, 2.05) is 0 Å². The number of benzene rings is 2. The van der Waals surface area contributed by atoms with Crippen LogP contribution in [0.4, 0.5) is 13.2 Å². The molecular formula is C27H24Cl2F3N3O5S. The number of rotatable bonds is 8. The number of carbonyl (C=O) groups excluding carboxylic acids is 2. The third-order valence-electron chi connectivity index (χ3n) is 7.74. The molecule has 0 unspecified atom stereocenters. The standard InChI is InChI=1S/C27H24Cl2F3N3O5S/c28-17-3-1-2-16(10-17)26(8-9-26)24(37)35-13-19(12-21(35)23(36)34-25(14-33)6-7-25)41(38,39)22-5-4-18(11-20(22)29)40-15-27(30,31)32/h1-5,10-11,19,21H,6-9,12-13,15H2,(H,34,36)/t19-,21+/m1/s1. The normalized spacial score (nSPS) is 22.5. The van der Waals surface area contributed by atoms with E-state index in [-0.39, 0.29) is 28.6 Å². The number of hydrogen-bond acceptors (Lipinski definition) is 6. The smallest absolute Gasteiger partial charge is 0.422 e. The van der Waals surface area contributed by atoms with Gasteiger partial charge in [0.05, 0.1) is 26.7 Å². The predicted molar refractivity (Wildman–Crippen MR) is 142 cm³/mol. The minimum atomic E-state index is -4.60. The zero-order valence-corrected chi connectivity index (χ0v) is 23.7. The number of halogens is 5. The molecule has 1 saturated heterocycles. The van der Waals surface area contributed by atoms with Gasteiger partial charge >= 0.3 is 6.18 Å². The van der Waals surface area contributed by atoms with Crippen molar-refractivity contribution in [3.05, 3.63) is 58.1 Å². The fourth-order valence-corrected chi connectivity index (χ4v) is 7.59. The second kappa shape index (κ2) is 10.4. The Bertz CT molecular complexity index is 1550. The molecule has 8 nitrogen and oxygen atoms in total. The molecule has 0 spiro atoms. The van der Waals surface area contributed by atoms with Crippen LogP contribution in [0, 0.1) is 11.3 Å². The summed E-state index contributed by atoms with van der Waals surface area (Å²) in [6, 6.07) is 10.8. The van der Waals surface area contributed by atoms with Crippen LogP contribution in [0.15, 0.2) is 47.4 Å². The topological polar surface area (TPSA) is 117 Å². The van der Waals surface area contributed by atoms with E-state index in [9.17, 15) is 36.4 Å². The van der Waals surface area contributed by atoms with E-state index in [0.717, 1.165) is 18.2 Å². The van der Waals surface area contributed by atoms with E-state index >= 15 is 0 Å². The number of amides is 2. The molecule has 0 radical (unpaired) electrons. The number of sulfone groups is 1. The van der Waals surface area contributed by atoms with Gasteiger partial charge in [-0.15, -0.1) is 0 Å². The first-order valence-electron chi connectivity index (χ1n) is 12.7. The lowest BCUT2D eigenvalue weighted by atomic mass is 9.94. The highest BCUT2D eigenvalue weighted by molar-refractivity contribution is 7.92. The van der Waals surface area contributed by atoms with Crippen molar-refractivity contribution in [2.24, 2.45) is 0 Å². The van der Waals surface area contributed by atoms with Gasteiger partial charge in [0.1, 0.15) is 17.3 Å². The molecule has 3 aliphatic rings. The Morgan fingerprint density at radius 2 is 1.83 bits per heavy atom. The van der Waals surface area contributed by atoms with E-state index in [1.54, 1.807) is 24.3 Å². The fourth-order valence-electron chi connectivity index (χ4n) is 5.16. The molecule has 0 bridgehead atoms. The first kappa shape index (κ1) is 29.5. The number of alkyl halides is 3. The summed E-state index contributed by atoms with van der Waals surface area (Å²) in [6.07, 6.45) is -2.98.